The van der Waals surface area contributed by atoms with Crippen molar-refractivity contribution in [2.45, 2.75) is 5.41 Å². The molecular weight excluding hydrogens is 779 g/mol. The molecule has 10 aromatic carbocycles. The molecule has 0 saturated carbocycles. The van der Waals surface area contributed by atoms with Crippen LogP contribution in [0.25, 0.3) is 82.4 Å². The highest BCUT2D eigenvalue weighted by atomic mass is 79.9. The lowest BCUT2D eigenvalue weighted by Gasteiger charge is -2.34. The fourth-order valence-corrected chi connectivity index (χ4v) is 10.8. The van der Waals surface area contributed by atoms with Crippen molar-refractivity contribution < 1.29 is 0 Å². The molecule has 12 rings (SSSR count). The SMILES string of the molecule is Brc1ccccc1-c1ccccc1-c1cc2c(c3ccccc13)c1c3ccccc3ccc1n2-c1ccc2c(c1)C(c1ccccc1)(c1ccccc1)c1ccccc1-2. The molecule has 11 aromatic rings. The van der Waals surface area contributed by atoms with Crippen molar-refractivity contribution in [2.24, 2.45) is 0 Å². The highest BCUT2D eigenvalue weighted by Crippen LogP contribution is 2.57. The summed E-state index contributed by atoms with van der Waals surface area (Å²) in [6, 6.07) is 80.8. The minimum atomic E-state index is -0.504. The lowest BCUT2D eigenvalue weighted by Crippen LogP contribution is -2.28. The molecular formula is C57H36BrN. The molecule has 2 heteroatoms. The van der Waals surface area contributed by atoms with Crippen LogP contribution in [0.4, 0.5) is 0 Å². The Morgan fingerprint density at radius 2 is 0.881 bits per heavy atom. The summed E-state index contributed by atoms with van der Waals surface area (Å²) >= 11 is 3.89. The maximum atomic E-state index is 3.89. The summed E-state index contributed by atoms with van der Waals surface area (Å²) in [6.07, 6.45) is 0. The molecule has 0 amide bonds. The summed E-state index contributed by atoms with van der Waals surface area (Å²) in [4.78, 5) is 0. The monoisotopic (exact) mass is 813 g/mol. The Hall–Kier alpha value is -7.00. The molecule has 0 saturated heterocycles. The molecule has 1 heterocycles. The van der Waals surface area contributed by atoms with Gasteiger partial charge in [0, 0.05) is 20.9 Å². The predicted octanol–water partition coefficient (Wildman–Crippen LogP) is 15.5. The first-order valence-electron chi connectivity index (χ1n) is 20.3. The summed E-state index contributed by atoms with van der Waals surface area (Å²) in [6.45, 7) is 0. The van der Waals surface area contributed by atoms with Gasteiger partial charge < -0.3 is 4.57 Å². The lowest BCUT2D eigenvalue weighted by atomic mass is 9.67. The van der Waals surface area contributed by atoms with Gasteiger partial charge in [-0.2, -0.15) is 0 Å². The summed E-state index contributed by atoms with van der Waals surface area (Å²) in [5.41, 5.74) is 15.5. The van der Waals surface area contributed by atoms with Gasteiger partial charge in [-0.25, -0.2) is 0 Å². The van der Waals surface area contributed by atoms with E-state index in [0.29, 0.717) is 0 Å². The summed E-state index contributed by atoms with van der Waals surface area (Å²) in [5, 5.41) is 7.54. The van der Waals surface area contributed by atoms with Crippen molar-refractivity contribution in [3.8, 4) is 39.1 Å². The van der Waals surface area contributed by atoms with Crippen LogP contribution >= 0.6 is 15.9 Å². The minimum absolute atomic E-state index is 0.504. The molecule has 0 bridgehead atoms. The van der Waals surface area contributed by atoms with Crippen LogP contribution in [0.15, 0.2) is 223 Å². The molecule has 1 aromatic heterocycles. The quantitative estimate of drug-likeness (QED) is 0.163. The Morgan fingerprint density at radius 1 is 0.339 bits per heavy atom. The van der Waals surface area contributed by atoms with Gasteiger partial charge in [-0.1, -0.05) is 204 Å². The molecule has 1 aliphatic carbocycles. The maximum absolute atomic E-state index is 3.89. The number of rotatable bonds is 5. The number of benzene rings is 10. The Kier molecular flexibility index (Phi) is 7.67. The standard InChI is InChI=1S/C57H36BrN/c58-52-30-16-14-27-47(52)42-23-9-10-24-43(42)49-36-54-56(48-28-12-11-25-44(48)49)55-41-22-8-7-17-37(41)31-34-53(55)59(54)40-32-33-46-45-26-13-15-29-50(45)57(51(46)35-40,38-18-3-1-4-19-38)39-20-5-2-6-21-39/h1-36H. The Labute approximate surface area is 351 Å². The minimum Gasteiger partial charge on any atom is -0.309 e. The van der Waals surface area contributed by atoms with E-state index >= 15 is 0 Å². The van der Waals surface area contributed by atoms with E-state index in [0.717, 1.165) is 10.2 Å². The molecule has 0 radical (unpaired) electrons. The van der Waals surface area contributed by atoms with E-state index in [1.165, 1.54) is 99.0 Å². The van der Waals surface area contributed by atoms with Crippen LogP contribution in [-0.4, -0.2) is 4.57 Å². The molecule has 59 heavy (non-hydrogen) atoms. The van der Waals surface area contributed by atoms with Gasteiger partial charge in [0.15, 0.2) is 0 Å². The second-order valence-corrected chi connectivity index (χ2v) is 16.5. The van der Waals surface area contributed by atoms with Crippen molar-refractivity contribution in [1.82, 2.24) is 4.57 Å². The highest BCUT2D eigenvalue weighted by molar-refractivity contribution is 9.10. The van der Waals surface area contributed by atoms with Crippen molar-refractivity contribution >= 4 is 59.3 Å². The average molecular weight is 815 g/mol. The smallest absolute Gasteiger partial charge is 0.0714 e. The van der Waals surface area contributed by atoms with Crippen LogP contribution < -0.4 is 0 Å². The third-order valence-corrected chi connectivity index (χ3v) is 13.4. The van der Waals surface area contributed by atoms with Crippen molar-refractivity contribution in [2.75, 3.05) is 0 Å². The van der Waals surface area contributed by atoms with Gasteiger partial charge >= 0.3 is 0 Å². The van der Waals surface area contributed by atoms with Gasteiger partial charge in [0.25, 0.3) is 0 Å². The zero-order valence-corrected chi connectivity index (χ0v) is 33.7. The summed E-state index contributed by atoms with van der Waals surface area (Å²) in [5.74, 6) is 0. The Bertz CT molecular complexity index is 3410. The van der Waals surface area contributed by atoms with Crippen LogP contribution in [0.2, 0.25) is 0 Å². The van der Waals surface area contributed by atoms with Crippen molar-refractivity contribution in [3.05, 3.63) is 245 Å². The van der Waals surface area contributed by atoms with E-state index < -0.39 is 5.41 Å². The van der Waals surface area contributed by atoms with Gasteiger partial charge in [-0.3, -0.25) is 0 Å². The topological polar surface area (TPSA) is 4.93 Å². The average Bonchev–Trinajstić information content (AvgIpc) is 3.80. The van der Waals surface area contributed by atoms with Gasteiger partial charge in [0.2, 0.25) is 0 Å². The molecule has 0 aliphatic heterocycles. The first-order valence-corrected chi connectivity index (χ1v) is 21.1. The zero-order chi connectivity index (χ0) is 39.1. The maximum Gasteiger partial charge on any atom is 0.0714 e. The number of hydrogen-bond donors (Lipinski definition) is 0. The van der Waals surface area contributed by atoms with Gasteiger partial charge in [0.1, 0.15) is 0 Å². The van der Waals surface area contributed by atoms with E-state index in [4.69, 9.17) is 0 Å². The molecule has 1 aliphatic rings. The number of fused-ring (bicyclic) bond motifs is 10. The van der Waals surface area contributed by atoms with E-state index in [-0.39, 0.29) is 0 Å². The van der Waals surface area contributed by atoms with Gasteiger partial charge in [-0.15, -0.1) is 0 Å². The molecule has 0 spiro atoms. The fourth-order valence-electron chi connectivity index (χ4n) is 10.3. The van der Waals surface area contributed by atoms with E-state index in [1.54, 1.807) is 0 Å². The molecule has 276 valence electrons. The normalized spacial score (nSPS) is 13.0. The first kappa shape index (κ1) is 34.1. The number of hydrogen-bond acceptors (Lipinski definition) is 0. The Morgan fingerprint density at radius 3 is 1.61 bits per heavy atom. The summed E-state index contributed by atoms with van der Waals surface area (Å²) in [7, 11) is 0. The first-order chi connectivity index (χ1) is 29.2. The highest BCUT2D eigenvalue weighted by Gasteiger charge is 2.46. The van der Waals surface area contributed by atoms with Crippen LogP contribution in [0.1, 0.15) is 22.3 Å². The lowest BCUT2D eigenvalue weighted by molar-refractivity contribution is 0.767. The number of aromatic nitrogens is 1. The van der Waals surface area contributed by atoms with Crippen LogP contribution in [-0.2, 0) is 5.41 Å². The van der Waals surface area contributed by atoms with E-state index in [1.807, 2.05) is 0 Å². The van der Waals surface area contributed by atoms with Crippen LogP contribution in [0.5, 0.6) is 0 Å². The van der Waals surface area contributed by atoms with Crippen LogP contribution in [0, 0.1) is 0 Å². The van der Waals surface area contributed by atoms with E-state index in [2.05, 4.69) is 239 Å². The molecule has 1 nitrogen and oxygen atoms in total. The van der Waals surface area contributed by atoms with E-state index in [9.17, 15) is 0 Å². The van der Waals surface area contributed by atoms with Crippen LogP contribution in [0.3, 0.4) is 0 Å². The van der Waals surface area contributed by atoms with Crippen molar-refractivity contribution in [1.29, 1.82) is 0 Å². The summed E-state index contributed by atoms with van der Waals surface area (Å²) < 4.78 is 3.62. The zero-order valence-electron chi connectivity index (χ0n) is 32.1. The fraction of sp³-hybridized carbons (Fsp3) is 0.0175. The molecule has 0 fully saturated rings. The number of nitrogens with zero attached hydrogens (tertiary/aromatic N) is 1. The molecule has 0 N–H and O–H groups in total. The number of halogens is 1. The van der Waals surface area contributed by atoms with Crippen molar-refractivity contribution in [3.63, 3.8) is 0 Å². The third kappa shape index (κ3) is 4.91. The van der Waals surface area contributed by atoms with Gasteiger partial charge in [0.05, 0.1) is 16.4 Å². The third-order valence-electron chi connectivity index (χ3n) is 12.7. The molecule has 0 atom stereocenters. The van der Waals surface area contributed by atoms with Gasteiger partial charge in [-0.05, 0) is 108 Å². The second kappa shape index (κ2) is 13.3. The Balaban J connectivity index is 1.23. The molecule has 0 unspecified atom stereocenters. The second-order valence-electron chi connectivity index (χ2n) is 15.7. The largest absolute Gasteiger partial charge is 0.309 e. The predicted molar refractivity (Wildman–Crippen MR) is 252 cm³/mol.